The molecule has 22 heavy (non-hydrogen) atoms. The van der Waals surface area contributed by atoms with Crippen molar-refractivity contribution < 1.29 is 4.79 Å². The zero-order valence-electron chi connectivity index (χ0n) is 12.7. The molecule has 0 heterocycles. The Labute approximate surface area is 143 Å². The van der Waals surface area contributed by atoms with Crippen LogP contribution in [0.4, 0.5) is 0 Å². The molecule has 2 fully saturated rings. The summed E-state index contributed by atoms with van der Waals surface area (Å²) in [4.78, 5) is 12.4. The summed E-state index contributed by atoms with van der Waals surface area (Å²) in [5, 5.41) is 3.86. The zero-order valence-corrected chi connectivity index (χ0v) is 14.3. The molecule has 5 heteroatoms. The van der Waals surface area contributed by atoms with Crippen LogP contribution in [0, 0.1) is 0 Å². The predicted octanol–water partition coefficient (Wildman–Crippen LogP) is 3.57. The van der Waals surface area contributed by atoms with Gasteiger partial charge in [0, 0.05) is 17.0 Å². The number of benzene rings is 1. The fourth-order valence-electron chi connectivity index (χ4n) is 3.36. The average molecular weight is 343 g/mol. The van der Waals surface area contributed by atoms with Gasteiger partial charge in [0.25, 0.3) is 0 Å². The van der Waals surface area contributed by atoms with E-state index in [-0.39, 0.29) is 23.7 Å². The summed E-state index contributed by atoms with van der Waals surface area (Å²) in [6.07, 6.45) is 7.18. The molecule has 3 N–H and O–H groups in total. The van der Waals surface area contributed by atoms with Gasteiger partial charge in [0.05, 0.1) is 5.54 Å². The molecule has 3 rings (SSSR count). The quantitative estimate of drug-likeness (QED) is 0.878. The topological polar surface area (TPSA) is 55.1 Å². The molecule has 122 valence electrons. The predicted molar refractivity (Wildman–Crippen MR) is 92.6 cm³/mol. The standard InChI is InChI=1S/C17H23ClN2O.ClH/c18-14-6-4-13(5-7-14)16(10-11-16)12-20-15(21)17(19)8-2-1-3-9-17;/h4-7H,1-3,8-12,19H2,(H,20,21);1H. The molecule has 2 saturated carbocycles. The van der Waals surface area contributed by atoms with Crippen LogP contribution in [0.15, 0.2) is 24.3 Å². The molecule has 2 aliphatic rings. The molecular formula is C17H24Cl2N2O. The molecule has 2 aliphatic carbocycles. The first-order chi connectivity index (χ1) is 10.0. The highest BCUT2D eigenvalue weighted by atomic mass is 35.5. The molecule has 1 aromatic rings. The number of carbonyl (C=O) groups excluding carboxylic acids is 1. The smallest absolute Gasteiger partial charge is 0.240 e. The van der Waals surface area contributed by atoms with E-state index in [1.165, 1.54) is 12.0 Å². The van der Waals surface area contributed by atoms with Gasteiger partial charge in [0.15, 0.2) is 0 Å². The van der Waals surface area contributed by atoms with Crippen LogP contribution in [0.2, 0.25) is 5.02 Å². The van der Waals surface area contributed by atoms with Crippen LogP contribution in [-0.4, -0.2) is 18.0 Å². The van der Waals surface area contributed by atoms with E-state index in [0.717, 1.165) is 43.5 Å². The molecule has 0 unspecified atom stereocenters. The number of rotatable bonds is 4. The summed E-state index contributed by atoms with van der Waals surface area (Å²) in [5.74, 6) is 0.0300. The molecule has 0 radical (unpaired) electrons. The fourth-order valence-corrected chi connectivity index (χ4v) is 3.48. The van der Waals surface area contributed by atoms with Gasteiger partial charge >= 0.3 is 0 Å². The van der Waals surface area contributed by atoms with E-state index < -0.39 is 5.54 Å². The van der Waals surface area contributed by atoms with Crippen molar-refractivity contribution in [3.8, 4) is 0 Å². The second-order valence-corrected chi connectivity index (χ2v) is 7.12. The van der Waals surface area contributed by atoms with E-state index >= 15 is 0 Å². The number of halogens is 2. The van der Waals surface area contributed by atoms with Crippen LogP contribution >= 0.6 is 24.0 Å². The molecular weight excluding hydrogens is 319 g/mol. The maximum absolute atomic E-state index is 12.4. The summed E-state index contributed by atoms with van der Waals surface area (Å²) >= 11 is 5.94. The molecule has 3 nitrogen and oxygen atoms in total. The van der Waals surface area contributed by atoms with E-state index in [1.54, 1.807) is 0 Å². The summed E-state index contributed by atoms with van der Waals surface area (Å²) in [7, 11) is 0. The van der Waals surface area contributed by atoms with Crippen molar-refractivity contribution in [2.24, 2.45) is 5.73 Å². The van der Waals surface area contributed by atoms with Gasteiger partial charge in [0.2, 0.25) is 5.91 Å². The molecule has 0 bridgehead atoms. The molecule has 0 saturated heterocycles. The molecule has 0 atom stereocenters. The number of carbonyl (C=O) groups is 1. The van der Waals surface area contributed by atoms with Gasteiger partial charge in [-0.15, -0.1) is 12.4 Å². The van der Waals surface area contributed by atoms with E-state index in [9.17, 15) is 4.79 Å². The molecule has 1 aromatic carbocycles. The molecule has 1 amide bonds. The van der Waals surface area contributed by atoms with E-state index in [4.69, 9.17) is 17.3 Å². The van der Waals surface area contributed by atoms with Crippen molar-refractivity contribution in [1.82, 2.24) is 5.32 Å². The lowest BCUT2D eigenvalue weighted by Gasteiger charge is -2.32. The monoisotopic (exact) mass is 342 g/mol. The second-order valence-electron chi connectivity index (χ2n) is 6.69. The highest BCUT2D eigenvalue weighted by Gasteiger charge is 2.45. The third-order valence-corrected chi connectivity index (χ3v) is 5.35. The summed E-state index contributed by atoms with van der Waals surface area (Å²) in [5.41, 5.74) is 7.01. The highest BCUT2D eigenvalue weighted by molar-refractivity contribution is 6.30. The minimum atomic E-state index is -0.645. The van der Waals surface area contributed by atoms with Gasteiger partial charge in [-0.1, -0.05) is 43.0 Å². The Bertz CT molecular complexity index is 520. The molecule has 0 spiro atoms. The maximum atomic E-state index is 12.4. The van der Waals surface area contributed by atoms with Gasteiger partial charge in [-0.2, -0.15) is 0 Å². The normalized spacial score (nSPS) is 21.5. The van der Waals surface area contributed by atoms with E-state index in [0.29, 0.717) is 6.54 Å². The first kappa shape index (κ1) is 17.6. The Kier molecular flexibility index (Phi) is 5.41. The van der Waals surface area contributed by atoms with Crippen LogP contribution in [0.1, 0.15) is 50.5 Å². The summed E-state index contributed by atoms with van der Waals surface area (Å²) in [6.45, 7) is 0.687. The Morgan fingerprint density at radius 3 is 2.23 bits per heavy atom. The summed E-state index contributed by atoms with van der Waals surface area (Å²) < 4.78 is 0. The third kappa shape index (κ3) is 3.58. The van der Waals surface area contributed by atoms with Crippen molar-refractivity contribution in [2.75, 3.05) is 6.54 Å². The number of nitrogens with one attached hydrogen (secondary N) is 1. The van der Waals surface area contributed by atoms with Crippen molar-refractivity contribution >= 4 is 29.9 Å². The SMILES string of the molecule is Cl.NC1(C(=O)NCC2(c3ccc(Cl)cc3)CC2)CCCCC1. The average Bonchev–Trinajstić information content (AvgIpc) is 3.27. The lowest BCUT2D eigenvalue weighted by molar-refractivity contribution is -0.127. The molecule has 0 aromatic heterocycles. The van der Waals surface area contributed by atoms with Crippen LogP contribution < -0.4 is 11.1 Å². The highest BCUT2D eigenvalue weighted by Crippen LogP contribution is 2.47. The van der Waals surface area contributed by atoms with Gasteiger partial charge in [-0.3, -0.25) is 4.79 Å². The van der Waals surface area contributed by atoms with Crippen molar-refractivity contribution in [3.63, 3.8) is 0 Å². The van der Waals surface area contributed by atoms with Crippen LogP contribution in [0.3, 0.4) is 0 Å². The Morgan fingerprint density at radius 2 is 1.68 bits per heavy atom. The lowest BCUT2D eigenvalue weighted by atomic mass is 9.81. The van der Waals surface area contributed by atoms with Crippen molar-refractivity contribution in [2.45, 2.75) is 55.9 Å². The van der Waals surface area contributed by atoms with Gasteiger partial charge in [-0.25, -0.2) is 0 Å². The van der Waals surface area contributed by atoms with Gasteiger partial charge in [-0.05, 0) is 43.4 Å². The van der Waals surface area contributed by atoms with E-state index in [1.807, 2.05) is 12.1 Å². The maximum Gasteiger partial charge on any atom is 0.240 e. The molecule has 0 aliphatic heterocycles. The minimum Gasteiger partial charge on any atom is -0.354 e. The Balaban J connectivity index is 0.00000176. The minimum absolute atomic E-state index is 0. The van der Waals surface area contributed by atoms with Crippen LogP contribution in [0.5, 0.6) is 0 Å². The third-order valence-electron chi connectivity index (χ3n) is 5.10. The first-order valence-electron chi connectivity index (χ1n) is 7.87. The number of amides is 1. The first-order valence-corrected chi connectivity index (χ1v) is 8.25. The van der Waals surface area contributed by atoms with Crippen molar-refractivity contribution in [3.05, 3.63) is 34.9 Å². The van der Waals surface area contributed by atoms with E-state index in [2.05, 4.69) is 17.4 Å². The number of nitrogens with two attached hydrogens (primary N) is 1. The fraction of sp³-hybridized carbons (Fsp3) is 0.588. The number of hydrogen-bond acceptors (Lipinski definition) is 2. The zero-order chi connectivity index (χ0) is 14.9. The summed E-state index contributed by atoms with van der Waals surface area (Å²) in [6, 6.07) is 7.98. The second kappa shape index (κ2) is 6.77. The lowest BCUT2D eigenvalue weighted by Crippen LogP contribution is -2.56. The van der Waals surface area contributed by atoms with Gasteiger partial charge < -0.3 is 11.1 Å². The Morgan fingerprint density at radius 1 is 1.09 bits per heavy atom. The van der Waals surface area contributed by atoms with Gasteiger partial charge in [0.1, 0.15) is 0 Å². The number of hydrogen-bond donors (Lipinski definition) is 2. The largest absolute Gasteiger partial charge is 0.354 e. The van der Waals surface area contributed by atoms with Crippen LogP contribution in [-0.2, 0) is 10.2 Å². The van der Waals surface area contributed by atoms with Crippen molar-refractivity contribution in [1.29, 1.82) is 0 Å². The Hall–Kier alpha value is -0.770. The van der Waals surface area contributed by atoms with Crippen LogP contribution in [0.25, 0.3) is 0 Å².